The summed E-state index contributed by atoms with van der Waals surface area (Å²) >= 11 is 0. The number of aliphatic hydroxyl groups is 3. The summed E-state index contributed by atoms with van der Waals surface area (Å²) < 4.78 is 244. The van der Waals surface area contributed by atoms with Crippen LogP contribution in [-0.4, -0.2) is 52.4 Å². The van der Waals surface area contributed by atoms with Gasteiger partial charge in [0.25, 0.3) is 16.8 Å². The summed E-state index contributed by atoms with van der Waals surface area (Å²) in [7, 11) is 0. The summed E-state index contributed by atoms with van der Waals surface area (Å²) in [6, 6.07) is 0. The Labute approximate surface area is 203 Å². The smallest absolute Gasteiger partial charge is 0.369 e. The number of hydrogen-bond donors (Lipinski definition) is 3. The highest BCUT2D eigenvalue weighted by atomic mass is 19.4. The molecule has 0 bridgehead atoms. The minimum Gasteiger partial charge on any atom is -0.369 e. The van der Waals surface area contributed by atoms with Crippen LogP contribution in [0.2, 0.25) is 0 Å². The zero-order valence-electron chi connectivity index (χ0n) is 18.6. The summed E-state index contributed by atoms with van der Waals surface area (Å²) in [5.74, 6) is 0. The van der Waals surface area contributed by atoms with Gasteiger partial charge in [-0.15, -0.1) is 0 Å². The molecule has 0 aliphatic carbocycles. The monoisotopic (exact) mass is 618 g/mol. The summed E-state index contributed by atoms with van der Waals surface area (Å²) in [4.78, 5) is 0. The van der Waals surface area contributed by atoms with Gasteiger partial charge in [0.05, 0.1) is 0 Å². The van der Waals surface area contributed by atoms with Crippen molar-refractivity contribution in [3.63, 3.8) is 0 Å². The van der Waals surface area contributed by atoms with Crippen molar-refractivity contribution in [1.29, 1.82) is 0 Å². The van der Waals surface area contributed by atoms with Gasteiger partial charge in [0, 0.05) is 16.7 Å². The fourth-order valence-electron chi connectivity index (χ4n) is 4.18. The topological polar surface area (TPSA) is 60.7 Å². The summed E-state index contributed by atoms with van der Waals surface area (Å²) in [5, 5.41) is 29.0. The van der Waals surface area contributed by atoms with E-state index in [9.17, 15) is 94.3 Å². The van der Waals surface area contributed by atoms with Crippen LogP contribution in [0.15, 0.2) is 0 Å². The molecular weight excluding hydrogens is 606 g/mol. The molecule has 0 atom stereocenters. The van der Waals surface area contributed by atoms with Crippen molar-refractivity contribution in [2.75, 3.05) is 0 Å². The third-order valence-corrected chi connectivity index (χ3v) is 5.80. The lowest BCUT2D eigenvalue weighted by Gasteiger charge is -2.43. The highest BCUT2D eigenvalue weighted by Crippen LogP contribution is 2.60. The van der Waals surface area contributed by atoms with Gasteiger partial charge in [-0.05, 0) is 37.5 Å². The van der Waals surface area contributed by atoms with Crippen LogP contribution in [0.3, 0.4) is 0 Å². The lowest BCUT2D eigenvalue weighted by Crippen LogP contribution is -2.59. The van der Waals surface area contributed by atoms with E-state index in [2.05, 4.69) is 0 Å². The van der Waals surface area contributed by atoms with Crippen molar-refractivity contribution < 1.29 is 94.3 Å². The van der Waals surface area contributed by atoms with Crippen molar-refractivity contribution in [3.05, 3.63) is 33.4 Å². The molecule has 1 rings (SSSR count). The molecule has 0 spiro atoms. The van der Waals surface area contributed by atoms with Gasteiger partial charge in [0.1, 0.15) is 0 Å². The molecule has 0 amide bonds. The van der Waals surface area contributed by atoms with Crippen LogP contribution in [0.25, 0.3) is 0 Å². The summed E-state index contributed by atoms with van der Waals surface area (Å²) in [5.41, 5.74) is -38.6. The summed E-state index contributed by atoms with van der Waals surface area (Å²) in [6.45, 7) is -1.46. The van der Waals surface area contributed by atoms with Crippen LogP contribution in [-0.2, 0) is 16.8 Å². The first-order valence-electron chi connectivity index (χ1n) is 9.32. The molecule has 0 aromatic heterocycles. The zero-order chi connectivity index (χ0) is 32.0. The molecule has 228 valence electrons. The lowest BCUT2D eigenvalue weighted by atomic mass is 9.71. The average Bonchev–Trinajstić information content (AvgIpc) is 2.61. The Morgan fingerprint density at radius 2 is 0.410 bits per heavy atom. The molecule has 0 saturated heterocycles. The minimum atomic E-state index is -7.28. The van der Waals surface area contributed by atoms with Gasteiger partial charge in [-0.2, -0.15) is 79.0 Å². The number of rotatable bonds is 3. The van der Waals surface area contributed by atoms with Crippen LogP contribution < -0.4 is 0 Å². The second-order valence-corrected chi connectivity index (χ2v) is 8.12. The Morgan fingerprint density at radius 3 is 0.487 bits per heavy atom. The van der Waals surface area contributed by atoms with Crippen LogP contribution >= 0.6 is 0 Å². The van der Waals surface area contributed by atoms with E-state index in [1.54, 1.807) is 0 Å². The Balaban J connectivity index is 5.02. The first kappa shape index (κ1) is 34.9. The second kappa shape index (κ2) is 8.92. The van der Waals surface area contributed by atoms with E-state index >= 15 is 0 Å². The largest absolute Gasteiger partial charge is 0.430 e. The first-order chi connectivity index (χ1) is 16.6. The first-order valence-corrected chi connectivity index (χ1v) is 9.32. The predicted molar refractivity (Wildman–Crippen MR) is 88.7 cm³/mol. The molecule has 1 aromatic rings. The van der Waals surface area contributed by atoms with E-state index in [-0.39, 0.29) is 0 Å². The maximum absolute atomic E-state index is 13.6. The number of benzene rings is 1. The molecule has 3 N–H and O–H groups in total. The molecule has 1 aromatic carbocycles. The van der Waals surface area contributed by atoms with Crippen molar-refractivity contribution in [2.45, 2.75) is 74.6 Å². The Kier molecular flexibility index (Phi) is 7.97. The minimum absolute atomic E-state index is 0.487. The van der Waals surface area contributed by atoms with E-state index in [1.807, 2.05) is 0 Å². The highest BCUT2D eigenvalue weighted by molar-refractivity contribution is 5.59. The summed E-state index contributed by atoms with van der Waals surface area (Å²) in [6.07, 6.45) is -43.7. The van der Waals surface area contributed by atoms with Gasteiger partial charge in [-0.25, -0.2) is 0 Å². The molecule has 0 aliphatic heterocycles. The molecule has 0 fully saturated rings. The third kappa shape index (κ3) is 4.66. The Morgan fingerprint density at radius 1 is 0.308 bits per heavy atom. The second-order valence-electron chi connectivity index (χ2n) is 8.12. The quantitative estimate of drug-likeness (QED) is 0.337. The van der Waals surface area contributed by atoms with Gasteiger partial charge in [-0.1, -0.05) is 0 Å². The van der Waals surface area contributed by atoms with E-state index in [1.165, 1.54) is 0 Å². The van der Waals surface area contributed by atoms with E-state index in [0.717, 1.165) is 0 Å². The van der Waals surface area contributed by atoms with Gasteiger partial charge in [-0.3, -0.25) is 0 Å². The molecule has 0 unspecified atom stereocenters. The normalized spacial score (nSPS) is 15.7. The van der Waals surface area contributed by atoms with E-state index in [0.29, 0.717) is 0 Å². The molecule has 0 radical (unpaired) electrons. The molecule has 0 saturated carbocycles. The Hall–Kier alpha value is -2.16. The van der Waals surface area contributed by atoms with Gasteiger partial charge >= 0.3 is 37.1 Å². The number of alkyl halides is 18. The molecule has 0 heterocycles. The number of halogens is 18. The standard InChI is InChI=1S/C18H12F18O3/c1-4-7(10(37,13(19,20)21)14(22,23)24)5(2)9(12(39,17(31,32)33)18(34,35)36)6(3)8(4)11(38,15(25,26)27)16(28,29)30/h37-39H,1-3H3. The van der Waals surface area contributed by atoms with Gasteiger partial charge in [0.2, 0.25) is 0 Å². The van der Waals surface area contributed by atoms with Crippen LogP contribution in [0.4, 0.5) is 79.0 Å². The van der Waals surface area contributed by atoms with Gasteiger partial charge < -0.3 is 15.3 Å². The zero-order valence-corrected chi connectivity index (χ0v) is 18.6. The third-order valence-electron chi connectivity index (χ3n) is 5.80. The molecule has 21 heteroatoms. The predicted octanol–water partition coefficient (Wildman–Crippen LogP) is 6.55. The maximum Gasteiger partial charge on any atom is 0.430 e. The van der Waals surface area contributed by atoms with Crippen molar-refractivity contribution in [2.24, 2.45) is 0 Å². The highest BCUT2D eigenvalue weighted by Gasteiger charge is 2.78. The average molecular weight is 618 g/mol. The lowest BCUT2D eigenvalue weighted by molar-refractivity contribution is -0.381. The van der Waals surface area contributed by atoms with Crippen LogP contribution in [0.5, 0.6) is 0 Å². The number of hydrogen-bond acceptors (Lipinski definition) is 3. The fourth-order valence-corrected chi connectivity index (χ4v) is 4.18. The van der Waals surface area contributed by atoms with Crippen molar-refractivity contribution in [1.82, 2.24) is 0 Å². The molecular formula is C18H12F18O3. The van der Waals surface area contributed by atoms with Crippen LogP contribution in [0, 0.1) is 20.8 Å². The van der Waals surface area contributed by atoms with Gasteiger partial charge in [0.15, 0.2) is 0 Å². The van der Waals surface area contributed by atoms with Crippen molar-refractivity contribution in [3.8, 4) is 0 Å². The van der Waals surface area contributed by atoms with E-state index < -0.39 is 108 Å². The van der Waals surface area contributed by atoms with E-state index in [4.69, 9.17) is 0 Å². The molecule has 3 nitrogen and oxygen atoms in total. The van der Waals surface area contributed by atoms with Crippen LogP contribution in [0.1, 0.15) is 33.4 Å². The Bertz CT molecular complexity index is 897. The molecule has 39 heavy (non-hydrogen) atoms. The fraction of sp³-hybridized carbons (Fsp3) is 0.667. The molecule has 0 aliphatic rings. The maximum atomic E-state index is 13.6. The SMILES string of the molecule is Cc1c(C(O)(C(F)(F)F)C(F)(F)F)c(C)c(C(O)(C(F)(F)F)C(F)(F)F)c(C)c1C(O)(C(F)(F)F)C(F)(F)F. The van der Waals surface area contributed by atoms with Crippen molar-refractivity contribution >= 4 is 0 Å².